The van der Waals surface area contributed by atoms with E-state index in [0.29, 0.717) is 6.54 Å². The Bertz CT molecular complexity index is 727. The summed E-state index contributed by atoms with van der Waals surface area (Å²) in [6.07, 6.45) is 0. The lowest BCUT2D eigenvalue weighted by Crippen LogP contribution is -2.51. The quantitative estimate of drug-likeness (QED) is 0.713. The highest BCUT2D eigenvalue weighted by molar-refractivity contribution is 5.87. The Morgan fingerprint density at radius 2 is 1.81 bits per heavy atom. The third-order valence-corrected chi connectivity index (χ3v) is 5.03. The van der Waals surface area contributed by atoms with Gasteiger partial charge < -0.3 is 15.8 Å². The van der Waals surface area contributed by atoms with E-state index in [2.05, 4.69) is 30.1 Å². The molecule has 0 aliphatic rings. The first-order chi connectivity index (χ1) is 12.9. The first-order valence-corrected chi connectivity index (χ1v) is 9.44. The zero-order chi connectivity index (χ0) is 19.9. The van der Waals surface area contributed by atoms with Crippen molar-refractivity contribution in [1.29, 1.82) is 0 Å². The molecule has 0 bridgehead atoms. The van der Waals surface area contributed by atoms with Crippen molar-refractivity contribution in [3.63, 3.8) is 0 Å². The number of carbonyl (C=O) groups excluding carboxylic acids is 1. The minimum atomic E-state index is -1.08. The monoisotopic (exact) mass is 369 g/mol. The van der Waals surface area contributed by atoms with Gasteiger partial charge in [-0.05, 0) is 43.3 Å². The van der Waals surface area contributed by atoms with Gasteiger partial charge in [0.05, 0.1) is 13.2 Å². The lowest BCUT2D eigenvalue weighted by molar-refractivity contribution is -0.126. The largest absolute Gasteiger partial charge is 0.497 e. The van der Waals surface area contributed by atoms with Gasteiger partial charge in [0.2, 0.25) is 5.91 Å². The number of ether oxygens (including phenoxy) is 1. The second-order valence-electron chi connectivity index (χ2n) is 6.79. The van der Waals surface area contributed by atoms with Crippen LogP contribution in [0.4, 0.5) is 0 Å². The minimum Gasteiger partial charge on any atom is -0.497 e. The molecule has 0 saturated carbocycles. The molecule has 2 unspecified atom stereocenters. The molecule has 2 atom stereocenters. The van der Waals surface area contributed by atoms with E-state index in [1.807, 2.05) is 48.5 Å². The fraction of sp³-hybridized carbons (Fsp3) is 0.409. The zero-order valence-electron chi connectivity index (χ0n) is 16.7. The average Bonchev–Trinajstić information content (AvgIpc) is 2.71. The molecule has 0 saturated heterocycles. The Morgan fingerprint density at radius 1 is 1.15 bits per heavy atom. The zero-order valence-corrected chi connectivity index (χ0v) is 16.7. The number of nitrogens with zero attached hydrogens (tertiary/aromatic N) is 1. The molecule has 0 fully saturated rings. The molecule has 0 aliphatic carbocycles. The molecule has 27 heavy (non-hydrogen) atoms. The van der Waals surface area contributed by atoms with Crippen LogP contribution in [0.1, 0.15) is 37.9 Å². The summed E-state index contributed by atoms with van der Waals surface area (Å²) in [5.41, 5.74) is 7.17. The first-order valence-electron chi connectivity index (χ1n) is 9.44. The third kappa shape index (κ3) is 5.08. The summed E-state index contributed by atoms with van der Waals surface area (Å²) in [4.78, 5) is 15.2. The Balaban J connectivity index is 2.19. The summed E-state index contributed by atoms with van der Waals surface area (Å²) in [5.74, 6) is 0.623. The molecular weight excluding hydrogens is 338 g/mol. The predicted molar refractivity (Wildman–Crippen MR) is 110 cm³/mol. The van der Waals surface area contributed by atoms with Crippen LogP contribution in [0.15, 0.2) is 54.6 Å². The molecule has 5 heteroatoms. The van der Waals surface area contributed by atoms with Gasteiger partial charge in [0.1, 0.15) is 11.3 Å². The first kappa shape index (κ1) is 20.9. The molecule has 0 heterocycles. The standard InChI is InChI=1S/C22H31N3O2/c1-5-25(6-2)20(17-11-10-14-19(15-17)27-4)16-24-21(26)22(3,23)18-12-8-7-9-13-18/h7-15,20H,5-6,16,23H2,1-4H3,(H,24,26). The number of amides is 1. The maximum atomic E-state index is 12.8. The van der Waals surface area contributed by atoms with Gasteiger partial charge in [0, 0.05) is 6.54 Å². The van der Waals surface area contributed by atoms with Crippen LogP contribution in [0.5, 0.6) is 5.75 Å². The van der Waals surface area contributed by atoms with Crippen LogP contribution in [0.2, 0.25) is 0 Å². The van der Waals surface area contributed by atoms with Gasteiger partial charge in [-0.15, -0.1) is 0 Å². The van der Waals surface area contributed by atoms with Crippen molar-refractivity contribution in [2.75, 3.05) is 26.7 Å². The summed E-state index contributed by atoms with van der Waals surface area (Å²) in [6, 6.07) is 17.5. The van der Waals surface area contributed by atoms with E-state index >= 15 is 0 Å². The van der Waals surface area contributed by atoms with Crippen molar-refractivity contribution < 1.29 is 9.53 Å². The Morgan fingerprint density at radius 3 is 2.41 bits per heavy atom. The normalized spacial score (nSPS) is 14.4. The predicted octanol–water partition coefficient (Wildman–Crippen LogP) is 3.07. The highest BCUT2D eigenvalue weighted by Crippen LogP contribution is 2.24. The van der Waals surface area contributed by atoms with Gasteiger partial charge in [0.15, 0.2) is 0 Å². The summed E-state index contributed by atoms with van der Waals surface area (Å²) >= 11 is 0. The molecule has 2 rings (SSSR count). The smallest absolute Gasteiger partial charge is 0.244 e. The fourth-order valence-corrected chi connectivity index (χ4v) is 3.26. The summed E-state index contributed by atoms with van der Waals surface area (Å²) in [7, 11) is 1.66. The van der Waals surface area contributed by atoms with Gasteiger partial charge in [-0.3, -0.25) is 9.69 Å². The molecule has 0 radical (unpaired) electrons. The van der Waals surface area contributed by atoms with E-state index in [4.69, 9.17) is 10.5 Å². The average molecular weight is 370 g/mol. The number of likely N-dealkylation sites (N-methyl/N-ethyl adjacent to an activating group) is 1. The van der Waals surface area contributed by atoms with E-state index in [0.717, 1.165) is 30.0 Å². The number of methoxy groups -OCH3 is 1. The Labute approximate surface area is 162 Å². The van der Waals surface area contributed by atoms with E-state index in [-0.39, 0.29) is 11.9 Å². The highest BCUT2D eigenvalue weighted by Gasteiger charge is 2.31. The van der Waals surface area contributed by atoms with Gasteiger partial charge >= 0.3 is 0 Å². The molecule has 0 aliphatic heterocycles. The number of nitrogens with one attached hydrogen (secondary N) is 1. The molecule has 2 aromatic carbocycles. The van der Waals surface area contributed by atoms with Crippen LogP contribution in [0.25, 0.3) is 0 Å². The van der Waals surface area contributed by atoms with Gasteiger partial charge in [0.25, 0.3) is 0 Å². The van der Waals surface area contributed by atoms with Crippen LogP contribution in [-0.2, 0) is 10.3 Å². The molecule has 1 amide bonds. The maximum Gasteiger partial charge on any atom is 0.244 e. The number of hydrogen-bond donors (Lipinski definition) is 2. The molecule has 0 aromatic heterocycles. The number of hydrogen-bond acceptors (Lipinski definition) is 4. The van der Waals surface area contributed by atoms with E-state index in [1.165, 1.54) is 0 Å². The van der Waals surface area contributed by atoms with E-state index in [9.17, 15) is 4.79 Å². The van der Waals surface area contributed by atoms with Crippen molar-refractivity contribution >= 4 is 5.91 Å². The van der Waals surface area contributed by atoms with Crippen molar-refractivity contribution in [1.82, 2.24) is 10.2 Å². The highest BCUT2D eigenvalue weighted by atomic mass is 16.5. The van der Waals surface area contributed by atoms with Gasteiger partial charge in [-0.2, -0.15) is 0 Å². The fourth-order valence-electron chi connectivity index (χ4n) is 3.26. The third-order valence-electron chi connectivity index (χ3n) is 5.03. The van der Waals surface area contributed by atoms with Crippen LogP contribution < -0.4 is 15.8 Å². The van der Waals surface area contributed by atoms with Crippen molar-refractivity contribution in [3.05, 3.63) is 65.7 Å². The molecule has 3 N–H and O–H groups in total. The van der Waals surface area contributed by atoms with Crippen molar-refractivity contribution in [3.8, 4) is 5.75 Å². The van der Waals surface area contributed by atoms with E-state index < -0.39 is 5.54 Å². The number of carbonyl (C=O) groups is 1. The Kier molecular flexibility index (Phi) is 7.39. The van der Waals surface area contributed by atoms with Gasteiger partial charge in [-0.1, -0.05) is 56.3 Å². The van der Waals surface area contributed by atoms with Crippen LogP contribution in [0, 0.1) is 0 Å². The Hall–Kier alpha value is -2.37. The lowest BCUT2D eigenvalue weighted by Gasteiger charge is -2.32. The second kappa shape index (κ2) is 9.53. The van der Waals surface area contributed by atoms with Gasteiger partial charge in [-0.25, -0.2) is 0 Å². The molecular formula is C22H31N3O2. The van der Waals surface area contributed by atoms with Crippen LogP contribution in [0.3, 0.4) is 0 Å². The van der Waals surface area contributed by atoms with Crippen molar-refractivity contribution in [2.24, 2.45) is 5.73 Å². The minimum absolute atomic E-state index is 0.0469. The lowest BCUT2D eigenvalue weighted by atomic mass is 9.92. The molecule has 146 valence electrons. The van der Waals surface area contributed by atoms with Crippen molar-refractivity contribution in [2.45, 2.75) is 32.4 Å². The van der Waals surface area contributed by atoms with Crippen LogP contribution >= 0.6 is 0 Å². The maximum absolute atomic E-state index is 12.8. The second-order valence-corrected chi connectivity index (χ2v) is 6.79. The summed E-state index contributed by atoms with van der Waals surface area (Å²) in [5, 5.41) is 3.06. The number of nitrogens with two attached hydrogens (primary N) is 1. The number of benzene rings is 2. The SMILES string of the molecule is CCN(CC)C(CNC(=O)C(C)(N)c1ccccc1)c1cccc(OC)c1. The van der Waals surface area contributed by atoms with Crippen LogP contribution in [-0.4, -0.2) is 37.6 Å². The number of rotatable bonds is 9. The molecule has 0 spiro atoms. The summed E-state index contributed by atoms with van der Waals surface area (Å²) < 4.78 is 5.36. The summed E-state index contributed by atoms with van der Waals surface area (Å²) in [6.45, 7) is 8.23. The molecule has 2 aromatic rings. The molecule has 5 nitrogen and oxygen atoms in total. The topological polar surface area (TPSA) is 67.6 Å². The van der Waals surface area contributed by atoms with E-state index in [1.54, 1.807) is 14.0 Å².